The van der Waals surface area contributed by atoms with Crippen molar-refractivity contribution < 1.29 is 18.8 Å². The number of aromatic nitrogens is 2. The number of hydrogen-bond donors (Lipinski definition) is 0. The van der Waals surface area contributed by atoms with Gasteiger partial charge in [-0.05, 0) is 26.2 Å². The summed E-state index contributed by atoms with van der Waals surface area (Å²) in [5, 5.41) is 3.96. The second-order valence-corrected chi connectivity index (χ2v) is 4.74. The van der Waals surface area contributed by atoms with E-state index in [1.54, 1.807) is 6.92 Å². The van der Waals surface area contributed by atoms with Crippen LogP contribution in [0.5, 0.6) is 0 Å². The molecule has 3 heterocycles. The number of carbonyl (C=O) groups excluding carboxylic acids is 1. The lowest BCUT2D eigenvalue weighted by molar-refractivity contribution is -0.142. The van der Waals surface area contributed by atoms with E-state index in [1.807, 2.05) is 0 Å². The van der Waals surface area contributed by atoms with Gasteiger partial charge in [-0.1, -0.05) is 5.16 Å². The summed E-state index contributed by atoms with van der Waals surface area (Å²) in [6.07, 6.45) is 3.78. The summed E-state index contributed by atoms with van der Waals surface area (Å²) in [6, 6.07) is 0. The lowest BCUT2D eigenvalue weighted by Gasteiger charge is -2.13. The minimum absolute atomic E-state index is 0.0442. The lowest BCUT2D eigenvalue weighted by Crippen LogP contribution is -2.15. The van der Waals surface area contributed by atoms with Crippen LogP contribution in [0.3, 0.4) is 0 Å². The fourth-order valence-electron chi connectivity index (χ4n) is 2.74. The molecule has 6 nitrogen and oxygen atoms in total. The van der Waals surface area contributed by atoms with Crippen molar-refractivity contribution in [3.8, 4) is 0 Å². The Kier molecular flexibility index (Phi) is 3.03. The van der Waals surface area contributed by atoms with Crippen LogP contribution in [0.25, 0.3) is 0 Å². The van der Waals surface area contributed by atoms with Gasteiger partial charge in [0.1, 0.15) is 6.42 Å². The van der Waals surface area contributed by atoms with Gasteiger partial charge in [0.2, 0.25) is 5.89 Å². The molecule has 2 bridgehead atoms. The van der Waals surface area contributed by atoms with E-state index in [2.05, 4.69) is 10.1 Å². The molecule has 0 aromatic carbocycles. The quantitative estimate of drug-likeness (QED) is 0.750. The van der Waals surface area contributed by atoms with Crippen LogP contribution in [0.1, 0.15) is 43.8 Å². The predicted octanol–water partition coefficient (Wildman–Crippen LogP) is 1.21. The van der Waals surface area contributed by atoms with Crippen molar-refractivity contribution in [2.24, 2.45) is 0 Å². The SMILES string of the molecule is CCOC(=O)Cc1nc(C2CC3CCC2O3)no1. The molecule has 1 aromatic rings. The van der Waals surface area contributed by atoms with Gasteiger partial charge < -0.3 is 14.0 Å². The minimum atomic E-state index is -0.336. The number of esters is 1. The van der Waals surface area contributed by atoms with Gasteiger partial charge in [-0.25, -0.2) is 0 Å². The van der Waals surface area contributed by atoms with Crippen molar-refractivity contribution >= 4 is 5.97 Å². The van der Waals surface area contributed by atoms with Crippen molar-refractivity contribution in [1.82, 2.24) is 10.1 Å². The lowest BCUT2D eigenvalue weighted by atomic mass is 9.89. The fourth-order valence-corrected chi connectivity index (χ4v) is 2.74. The van der Waals surface area contributed by atoms with Crippen LogP contribution in [0.4, 0.5) is 0 Å². The highest BCUT2D eigenvalue weighted by Crippen LogP contribution is 2.43. The molecule has 0 spiro atoms. The fraction of sp³-hybridized carbons (Fsp3) is 0.750. The van der Waals surface area contributed by atoms with Crippen molar-refractivity contribution in [3.05, 3.63) is 11.7 Å². The minimum Gasteiger partial charge on any atom is -0.466 e. The zero-order valence-corrected chi connectivity index (χ0v) is 10.3. The monoisotopic (exact) mass is 252 g/mol. The van der Waals surface area contributed by atoms with E-state index in [1.165, 1.54) is 0 Å². The Morgan fingerprint density at radius 1 is 1.50 bits per heavy atom. The third-order valence-electron chi connectivity index (χ3n) is 3.52. The standard InChI is InChI=1S/C12H16N2O4/c1-2-16-11(15)6-10-13-12(14-18-10)8-5-7-3-4-9(8)17-7/h7-9H,2-6H2,1H3. The van der Waals surface area contributed by atoms with Crippen molar-refractivity contribution in [2.45, 2.75) is 50.7 Å². The largest absolute Gasteiger partial charge is 0.466 e. The van der Waals surface area contributed by atoms with Gasteiger partial charge in [-0.2, -0.15) is 4.98 Å². The van der Waals surface area contributed by atoms with Gasteiger partial charge in [0.25, 0.3) is 0 Å². The third-order valence-corrected chi connectivity index (χ3v) is 3.52. The second-order valence-electron chi connectivity index (χ2n) is 4.74. The number of ether oxygens (including phenoxy) is 2. The van der Waals surface area contributed by atoms with Crippen molar-refractivity contribution in [2.75, 3.05) is 6.61 Å². The first-order valence-electron chi connectivity index (χ1n) is 6.40. The zero-order valence-electron chi connectivity index (χ0n) is 10.3. The molecule has 3 atom stereocenters. The van der Waals surface area contributed by atoms with Gasteiger partial charge >= 0.3 is 5.97 Å². The van der Waals surface area contributed by atoms with Gasteiger partial charge in [0, 0.05) is 0 Å². The summed E-state index contributed by atoms with van der Waals surface area (Å²) in [4.78, 5) is 15.6. The first-order valence-corrected chi connectivity index (χ1v) is 6.40. The molecule has 0 aliphatic carbocycles. The third kappa shape index (κ3) is 2.12. The average molecular weight is 252 g/mol. The highest BCUT2D eigenvalue weighted by molar-refractivity contribution is 5.71. The van der Waals surface area contributed by atoms with Crippen molar-refractivity contribution in [1.29, 1.82) is 0 Å². The Morgan fingerprint density at radius 3 is 3.06 bits per heavy atom. The Bertz CT molecular complexity index is 445. The molecular weight excluding hydrogens is 236 g/mol. The van der Waals surface area contributed by atoms with E-state index in [4.69, 9.17) is 14.0 Å². The molecule has 2 aliphatic rings. The zero-order chi connectivity index (χ0) is 12.5. The summed E-state index contributed by atoms with van der Waals surface area (Å²) in [5.41, 5.74) is 0. The second kappa shape index (κ2) is 4.68. The van der Waals surface area contributed by atoms with E-state index in [0.717, 1.165) is 19.3 Å². The van der Waals surface area contributed by atoms with Crippen LogP contribution in [0.15, 0.2) is 4.52 Å². The van der Waals surface area contributed by atoms with Gasteiger partial charge in [0.15, 0.2) is 5.82 Å². The van der Waals surface area contributed by atoms with Gasteiger partial charge in [-0.15, -0.1) is 0 Å². The molecule has 0 N–H and O–H groups in total. The first kappa shape index (κ1) is 11.6. The number of rotatable bonds is 4. The highest BCUT2D eigenvalue weighted by Gasteiger charge is 2.43. The maximum absolute atomic E-state index is 11.3. The van der Waals surface area contributed by atoms with Gasteiger partial charge in [-0.3, -0.25) is 4.79 Å². The molecule has 0 radical (unpaired) electrons. The van der Waals surface area contributed by atoms with E-state index in [9.17, 15) is 4.79 Å². The molecule has 3 unspecified atom stereocenters. The number of nitrogens with zero attached hydrogens (tertiary/aromatic N) is 2. The van der Waals surface area contributed by atoms with E-state index in [0.29, 0.717) is 24.4 Å². The first-order chi connectivity index (χ1) is 8.76. The highest BCUT2D eigenvalue weighted by atomic mass is 16.5. The van der Waals surface area contributed by atoms with E-state index < -0.39 is 0 Å². The molecule has 3 rings (SSSR count). The summed E-state index contributed by atoms with van der Waals surface area (Å²) in [7, 11) is 0. The average Bonchev–Trinajstić information content (AvgIpc) is 3.03. The molecule has 18 heavy (non-hydrogen) atoms. The summed E-state index contributed by atoms with van der Waals surface area (Å²) >= 11 is 0. The number of carbonyl (C=O) groups is 1. The van der Waals surface area contributed by atoms with E-state index in [-0.39, 0.29) is 24.4 Å². The predicted molar refractivity (Wildman–Crippen MR) is 59.9 cm³/mol. The summed E-state index contributed by atoms with van der Waals surface area (Å²) in [5.74, 6) is 0.882. The Labute approximate surface area is 105 Å². The molecule has 0 saturated carbocycles. The summed E-state index contributed by atoms with van der Waals surface area (Å²) in [6.45, 7) is 2.13. The Balaban J connectivity index is 1.65. The van der Waals surface area contributed by atoms with Crippen LogP contribution < -0.4 is 0 Å². The molecule has 2 aliphatic heterocycles. The Morgan fingerprint density at radius 2 is 2.39 bits per heavy atom. The topological polar surface area (TPSA) is 74.5 Å². The molecule has 0 amide bonds. The van der Waals surface area contributed by atoms with Crippen molar-refractivity contribution in [3.63, 3.8) is 0 Å². The Hall–Kier alpha value is -1.43. The summed E-state index contributed by atoms with van der Waals surface area (Å²) < 4.78 is 15.7. The molecule has 2 saturated heterocycles. The maximum atomic E-state index is 11.3. The van der Waals surface area contributed by atoms with Crippen LogP contribution in [-0.4, -0.2) is 34.9 Å². The molecule has 2 fully saturated rings. The molecular formula is C12H16N2O4. The van der Waals surface area contributed by atoms with Crippen LogP contribution in [-0.2, 0) is 20.7 Å². The molecule has 1 aromatic heterocycles. The molecule has 98 valence electrons. The van der Waals surface area contributed by atoms with Crippen LogP contribution in [0, 0.1) is 0 Å². The number of hydrogen-bond acceptors (Lipinski definition) is 6. The van der Waals surface area contributed by atoms with Crippen LogP contribution >= 0.6 is 0 Å². The number of fused-ring (bicyclic) bond motifs is 2. The maximum Gasteiger partial charge on any atom is 0.315 e. The smallest absolute Gasteiger partial charge is 0.315 e. The normalized spacial score (nSPS) is 29.7. The van der Waals surface area contributed by atoms with Gasteiger partial charge in [0.05, 0.1) is 24.7 Å². The van der Waals surface area contributed by atoms with E-state index >= 15 is 0 Å². The molecule has 6 heteroatoms. The van der Waals surface area contributed by atoms with Crippen LogP contribution in [0.2, 0.25) is 0 Å².